The summed E-state index contributed by atoms with van der Waals surface area (Å²) in [5.41, 5.74) is 0.840. The Morgan fingerprint density at radius 2 is 1.83 bits per heavy atom. The Balaban J connectivity index is 2.48. The lowest BCUT2D eigenvalue weighted by Crippen LogP contribution is -2.04. The molecule has 0 saturated carbocycles. The third kappa shape index (κ3) is 2.34. The van der Waals surface area contributed by atoms with Crippen molar-refractivity contribution in [2.75, 3.05) is 0 Å². The summed E-state index contributed by atoms with van der Waals surface area (Å²) in [4.78, 5) is 12.1. The molecule has 0 amide bonds. The summed E-state index contributed by atoms with van der Waals surface area (Å²) in [5.74, 6) is -1.39. The van der Waals surface area contributed by atoms with Crippen LogP contribution in [-0.4, -0.2) is 5.78 Å². The van der Waals surface area contributed by atoms with Gasteiger partial charge in [0.25, 0.3) is 0 Å². The molecule has 0 aliphatic heterocycles. The molecule has 0 aliphatic carbocycles. The van der Waals surface area contributed by atoms with Crippen LogP contribution in [0, 0.1) is 18.6 Å². The van der Waals surface area contributed by atoms with Crippen LogP contribution < -0.4 is 0 Å². The summed E-state index contributed by atoms with van der Waals surface area (Å²) in [6.07, 6.45) is 0. The monoisotopic (exact) mass is 310 g/mol. The van der Waals surface area contributed by atoms with E-state index in [1.54, 1.807) is 6.92 Å². The number of hydrogen-bond donors (Lipinski definition) is 0. The van der Waals surface area contributed by atoms with Gasteiger partial charge >= 0.3 is 0 Å². The van der Waals surface area contributed by atoms with Crippen LogP contribution in [0.4, 0.5) is 8.78 Å². The molecule has 0 fully saturated rings. The molecular formula is C14H9BrF2O. The number of halogens is 3. The molecule has 2 aromatic carbocycles. The molecule has 0 aliphatic rings. The molecule has 0 saturated heterocycles. The zero-order valence-electron chi connectivity index (χ0n) is 9.51. The van der Waals surface area contributed by atoms with Gasteiger partial charge in [-0.2, -0.15) is 0 Å². The highest BCUT2D eigenvalue weighted by Gasteiger charge is 2.15. The standard InChI is InChI=1S/C14H9BrF2O/c1-8-5-6-9(7-12(8)17)14(18)10-3-2-4-11(16)13(10)15/h2-7H,1H3. The van der Waals surface area contributed by atoms with E-state index >= 15 is 0 Å². The smallest absolute Gasteiger partial charge is 0.194 e. The fourth-order valence-corrected chi connectivity index (χ4v) is 2.01. The third-order valence-corrected chi connectivity index (χ3v) is 3.44. The second-order valence-electron chi connectivity index (χ2n) is 3.89. The molecule has 0 bridgehead atoms. The lowest BCUT2D eigenvalue weighted by Gasteiger charge is -2.05. The third-order valence-electron chi connectivity index (χ3n) is 2.63. The van der Waals surface area contributed by atoms with Gasteiger partial charge in [0.15, 0.2) is 5.78 Å². The van der Waals surface area contributed by atoms with Crippen LogP contribution in [0.15, 0.2) is 40.9 Å². The van der Waals surface area contributed by atoms with Crippen molar-refractivity contribution < 1.29 is 13.6 Å². The van der Waals surface area contributed by atoms with Gasteiger partial charge < -0.3 is 0 Å². The van der Waals surface area contributed by atoms with Gasteiger partial charge in [-0.1, -0.05) is 18.2 Å². The predicted octanol–water partition coefficient (Wildman–Crippen LogP) is 4.27. The lowest BCUT2D eigenvalue weighted by molar-refractivity contribution is 0.103. The molecule has 0 N–H and O–H groups in total. The number of rotatable bonds is 2. The van der Waals surface area contributed by atoms with Gasteiger partial charge in [0.05, 0.1) is 4.47 Å². The molecule has 2 aromatic rings. The van der Waals surface area contributed by atoms with Crippen LogP contribution in [0.25, 0.3) is 0 Å². The van der Waals surface area contributed by atoms with Gasteiger partial charge in [-0.25, -0.2) is 8.78 Å². The number of carbonyl (C=O) groups is 1. The van der Waals surface area contributed by atoms with E-state index in [-0.39, 0.29) is 15.6 Å². The maximum absolute atomic E-state index is 13.4. The Hall–Kier alpha value is -1.55. The maximum Gasteiger partial charge on any atom is 0.194 e. The molecule has 18 heavy (non-hydrogen) atoms. The van der Waals surface area contributed by atoms with Crippen molar-refractivity contribution in [2.45, 2.75) is 6.92 Å². The first-order chi connectivity index (χ1) is 8.50. The lowest BCUT2D eigenvalue weighted by atomic mass is 10.0. The van der Waals surface area contributed by atoms with Crippen molar-refractivity contribution in [2.24, 2.45) is 0 Å². The van der Waals surface area contributed by atoms with E-state index in [1.165, 1.54) is 30.3 Å². The first kappa shape index (κ1) is 12.9. The number of aryl methyl sites for hydroxylation is 1. The van der Waals surface area contributed by atoms with E-state index in [1.807, 2.05) is 0 Å². The van der Waals surface area contributed by atoms with Crippen LogP contribution in [0.2, 0.25) is 0 Å². The number of benzene rings is 2. The average molecular weight is 311 g/mol. The van der Waals surface area contributed by atoms with Crippen molar-refractivity contribution in [1.82, 2.24) is 0 Å². The van der Waals surface area contributed by atoms with Gasteiger partial charge in [0, 0.05) is 11.1 Å². The minimum atomic E-state index is -0.520. The van der Waals surface area contributed by atoms with E-state index in [0.717, 1.165) is 6.07 Å². The van der Waals surface area contributed by atoms with Crippen molar-refractivity contribution in [3.63, 3.8) is 0 Å². The fraction of sp³-hybridized carbons (Fsp3) is 0.0714. The Morgan fingerprint density at radius 3 is 2.50 bits per heavy atom. The highest BCUT2D eigenvalue weighted by atomic mass is 79.9. The summed E-state index contributed by atoms with van der Waals surface area (Å²) < 4.78 is 26.8. The predicted molar refractivity (Wildman–Crippen MR) is 68.7 cm³/mol. The Kier molecular flexibility index (Phi) is 3.57. The minimum Gasteiger partial charge on any atom is -0.289 e. The fourth-order valence-electron chi connectivity index (χ4n) is 1.57. The summed E-state index contributed by atoms with van der Waals surface area (Å²) in [5, 5.41) is 0. The molecule has 0 aromatic heterocycles. The normalized spacial score (nSPS) is 10.4. The van der Waals surface area contributed by atoms with Crippen molar-refractivity contribution in [3.8, 4) is 0 Å². The number of ketones is 1. The van der Waals surface area contributed by atoms with Gasteiger partial charge in [-0.05, 0) is 46.6 Å². The van der Waals surface area contributed by atoms with Gasteiger partial charge in [-0.3, -0.25) is 4.79 Å². The van der Waals surface area contributed by atoms with E-state index in [0.29, 0.717) is 5.56 Å². The SMILES string of the molecule is Cc1ccc(C(=O)c2cccc(F)c2Br)cc1F. The van der Waals surface area contributed by atoms with Crippen molar-refractivity contribution in [1.29, 1.82) is 0 Å². The highest BCUT2D eigenvalue weighted by molar-refractivity contribution is 9.10. The van der Waals surface area contributed by atoms with E-state index in [9.17, 15) is 13.6 Å². The largest absolute Gasteiger partial charge is 0.289 e. The highest BCUT2D eigenvalue weighted by Crippen LogP contribution is 2.23. The average Bonchev–Trinajstić information content (AvgIpc) is 2.35. The summed E-state index contributed by atoms with van der Waals surface area (Å²) in [6, 6.07) is 8.39. The molecule has 2 rings (SSSR count). The number of hydrogen-bond acceptors (Lipinski definition) is 1. The first-order valence-corrected chi connectivity index (χ1v) is 6.05. The summed E-state index contributed by atoms with van der Waals surface area (Å²) in [7, 11) is 0. The van der Waals surface area contributed by atoms with Crippen molar-refractivity contribution >= 4 is 21.7 Å². The first-order valence-electron chi connectivity index (χ1n) is 5.25. The molecule has 0 radical (unpaired) electrons. The van der Waals surface area contributed by atoms with Gasteiger partial charge in [-0.15, -0.1) is 0 Å². The topological polar surface area (TPSA) is 17.1 Å². The van der Waals surface area contributed by atoms with E-state index in [4.69, 9.17) is 0 Å². The Morgan fingerprint density at radius 1 is 1.11 bits per heavy atom. The second kappa shape index (κ2) is 4.98. The van der Waals surface area contributed by atoms with Crippen LogP contribution in [0.1, 0.15) is 21.5 Å². The number of carbonyl (C=O) groups excluding carboxylic acids is 1. The zero-order chi connectivity index (χ0) is 13.3. The van der Waals surface area contributed by atoms with Crippen molar-refractivity contribution in [3.05, 3.63) is 69.2 Å². The zero-order valence-corrected chi connectivity index (χ0v) is 11.1. The van der Waals surface area contributed by atoms with Gasteiger partial charge in [0.1, 0.15) is 11.6 Å². The maximum atomic E-state index is 13.4. The quantitative estimate of drug-likeness (QED) is 0.757. The summed E-state index contributed by atoms with van der Waals surface area (Å²) in [6.45, 7) is 1.61. The second-order valence-corrected chi connectivity index (χ2v) is 4.69. The molecule has 92 valence electrons. The molecule has 4 heteroatoms. The van der Waals surface area contributed by atoms with E-state index in [2.05, 4.69) is 15.9 Å². The van der Waals surface area contributed by atoms with E-state index < -0.39 is 17.4 Å². The molecule has 1 nitrogen and oxygen atoms in total. The Labute approximate surface area is 112 Å². The van der Waals surface area contributed by atoms with Crippen LogP contribution in [0.5, 0.6) is 0 Å². The van der Waals surface area contributed by atoms with Crippen LogP contribution in [-0.2, 0) is 0 Å². The van der Waals surface area contributed by atoms with Crippen LogP contribution >= 0.6 is 15.9 Å². The summed E-state index contributed by atoms with van der Waals surface area (Å²) >= 11 is 3.02. The van der Waals surface area contributed by atoms with Gasteiger partial charge in [0.2, 0.25) is 0 Å². The Bertz CT molecular complexity index is 623. The molecule has 0 atom stereocenters. The molecule has 0 unspecified atom stereocenters. The van der Waals surface area contributed by atoms with Crippen LogP contribution in [0.3, 0.4) is 0 Å². The minimum absolute atomic E-state index is 0.0935. The molecule has 0 heterocycles. The molecule has 0 spiro atoms. The molecular weight excluding hydrogens is 302 g/mol.